The van der Waals surface area contributed by atoms with Gasteiger partial charge in [-0.3, -0.25) is 9.80 Å². The monoisotopic (exact) mass is 260 g/mol. The van der Waals surface area contributed by atoms with Crippen molar-refractivity contribution < 1.29 is 18.0 Å². The molecule has 0 unspecified atom stereocenters. The van der Waals surface area contributed by atoms with Crippen molar-refractivity contribution in [3.05, 3.63) is 29.8 Å². The van der Waals surface area contributed by atoms with Crippen LogP contribution in [0.2, 0.25) is 0 Å². The summed E-state index contributed by atoms with van der Waals surface area (Å²) in [6.45, 7) is -1.18. The first-order chi connectivity index (χ1) is 8.28. The summed E-state index contributed by atoms with van der Waals surface area (Å²) in [6, 6.07) is 5.71. The predicted octanol–water partition coefficient (Wildman–Crippen LogP) is 2.28. The summed E-state index contributed by atoms with van der Waals surface area (Å²) < 4.78 is 35.9. The van der Waals surface area contributed by atoms with Crippen LogP contribution in [0.15, 0.2) is 34.6 Å². The SMILES string of the molecule is CN(CC(F)(F)F)N=Nc1ccc(C(N)=O)cc1. The number of carbonyl (C=O) groups is 1. The van der Waals surface area contributed by atoms with Gasteiger partial charge in [0.25, 0.3) is 0 Å². The number of nitrogens with zero attached hydrogens (tertiary/aromatic N) is 3. The highest BCUT2D eigenvalue weighted by Crippen LogP contribution is 2.17. The molecule has 0 spiro atoms. The van der Waals surface area contributed by atoms with Crippen molar-refractivity contribution in [1.82, 2.24) is 5.01 Å². The van der Waals surface area contributed by atoms with Gasteiger partial charge in [-0.1, -0.05) is 5.22 Å². The largest absolute Gasteiger partial charge is 0.407 e. The lowest BCUT2D eigenvalue weighted by molar-refractivity contribution is -0.143. The zero-order valence-corrected chi connectivity index (χ0v) is 9.48. The van der Waals surface area contributed by atoms with Gasteiger partial charge < -0.3 is 5.73 Å². The Morgan fingerprint density at radius 1 is 1.33 bits per heavy atom. The van der Waals surface area contributed by atoms with Crippen LogP contribution in [0.3, 0.4) is 0 Å². The molecule has 0 heterocycles. The van der Waals surface area contributed by atoms with Crippen molar-refractivity contribution in [2.75, 3.05) is 13.6 Å². The van der Waals surface area contributed by atoms with E-state index >= 15 is 0 Å². The molecule has 8 heteroatoms. The molecule has 0 saturated heterocycles. The Kier molecular flexibility index (Phi) is 4.24. The van der Waals surface area contributed by atoms with E-state index in [1.807, 2.05) is 0 Å². The third kappa shape index (κ3) is 4.81. The summed E-state index contributed by atoms with van der Waals surface area (Å²) in [5, 5.41) is 7.63. The van der Waals surface area contributed by atoms with Crippen LogP contribution in [0.5, 0.6) is 0 Å². The zero-order valence-electron chi connectivity index (χ0n) is 9.48. The fourth-order valence-corrected chi connectivity index (χ4v) is 1.11. The van der Waals surface area contributed by atoms with Gasteiger partial charge >= 0.3 is 6.18 Å². The maximum atomic E-state index is 12.0. The number of hydrogen-bond acceptors (Lipinski definition) is 3. The van der Waals surface area contributed by atoms with Gasteiger partial charge in [-0.15, -0.1) is 5.11 Å². The first kappa shape index (κ1) is 13.9. The molecule has 5 nitrogen and oxygen atoms in total. The summed E-state index contributed by atoms with van der Waals surface area (Å²) in [6.07, 6.45) is -4.33. The summed E-state index contributed by atoms with van der Waals surface area (Å²) in [5.74, 6) is -0.590. The number of alkyl halides is 3. The molecule has 0 radical (unpaired) electrons. The normalized spacial score (nSPS) is 11.8. The van der Waals surface area contributed by atoms with Gasteiger partial charge in [0.15, 0.2) is 0 Å². The number of primary amides is 1. The number of hydrogen-bond donors (Lipinski definition) is 1. The maximum Gasteiger partial charge on any atom is 0.407 e. The number of amides is 1. The molecule has 1 amide bonds. The third-order valence-corrected chi connectivity index (χ3v) is 1.87. The second-order valence-electron chi connectivity index (χ2n) is 3.53. The van der Waals surface area contributed by atoms with E-state index in [2.05, 4.69) is 10.3 Å². The smallest absolute Gasteiger partial charge is 0.366 e. The molecule has 0 atom stereocenters. The number of rotatable bonds is 4. The van der Waals surface area contributed by atoms with E-state index in [9.17, 15) is 18.0 Å². The lowest BCUT2D eigenvalue weighted by Gasteiger charge is -2.13. The fraction of sp³-hybridized carbons (Fsp3) is 0.300. The van der Waals surface area contributed by atoms with Crippen LogP contribution in [-0.2, 0) is 0 Å². The van der Waals surface area contributed by atoms with E-state index in [4.69, 9.17) is 5.73 Å². The van der Waals surface area contributed by atoms with Crippen LogP contribution in [0.1, 0.15) is 10.4 Å². The minimum absolute atomic E-state index is 0.289. The summed E-state index contributed by atoms with van der Waals surface area (Å²) in [4.78, 5) is 10.8. The minimum Gasteiger partial charge on any atom is -0.366 e. The van der Waals surface area contributed by atoms with Crippen LogP contribution < -0.4 is 5.73 Å². The topological polar surface area (TPSA) is 71.1 Å². The molecular weight excluding hydrogens is 249 g/mol. The minimum atomic E-state index is -4.33. The summed E-state index contributed by atoms with van der Waals surface area (Å²) in [5.41, 5.74) is 5.65. The lowest BCUT2D eigenvalue weighted by atomic mass is 10.2. The van der Waals surface area contributed by atoms with Crippen LogP contribution in [0, 0.1) is 0 Å². The van der Waals surface area contributed by atoms with Crippen molar-refractivity contribution in [2.45, 2.75) is 6.18 Å². The van der Waals surface area contributed by atoms with E-state index in [-0.39, 0.29) is 5.56 Å². The van der Waals surface area contributed by atoms with Gasteiger partial charge in [0.1, 0.15) is 6.54 Å². The molecule has 0 bridgehead atoms. The molecule has 2 N–H and O–H groups in total. The second-order valence-corrected chi connectivity index (χ2v) is 3.53. The van der Waals surface area contributed by atoms with E-state index in [0.717, 1.165) is 7.05 Å². The predicted molar refractivity (Wildman–Crippen MR) is 58.2 cm³/mol. The Hall–Kier alpha value is -2.12. The van der Waals surface area contributed by atoms with Crippen LogP contribution in [0.25, 0.3) is 0 Å². The van der Waals surface area contributed by atoms with Crippen LogP contribution in [-0.4, -0.2) is 30.7 Å². The van der Waals surface area contributed by atoms with Gasteiger partial charge in [-0.05, 0) is 24.3 Å². The molecule has 1 aromatic rings. The highest BCUT2D eigenvalue weighted by atomic mass is 19.4. The molecule has 1 rings (SSSR count). The molecule has 18 heavy (non-hydrogen) atoms. The quantitative estimate of drug-likeness (QED) is 0.666. The average molecular weight is 260 g/mol. The van der Waals surface area contributed by atoms with Gasteiger partial charge in [-0.25, -0.2) is 0 Å². The first-order valence-corrected chi connectivity index (χ1v) is 4.87. The maximum absolute atomic E-state index is 12.0. The van der Waals surface area contributed by atoms with Crippen molar-refractivity contribution in [3.63, 3.8) is 0 Å². The summed E-state index contributed by atoms with van der Waals surface area (Å²) in [7, 11) is 1.16. The molecular formula is C10H11F3N4O. The molecule has 0 fully saturated rings. The van der Waals surface area contributed by atoms with Crippen molar-refractivity contribution >= 4 is 11.6 Å². The van der Waals surface area contributed by atoms with E-state index < -0.39 is 18.6 Å². The van der Waals surface area contributed by atoms with Crippen LogP contribution in [0.4, 0.5) is 18.9 Å². The Morgan fingerprint density at radius 2 is 1.89 bits per heavy atom. The number of benzene rings is 1. The van der Waals surface area contributed by atoms with E-state index in [1.54, 1.807) is 0 Å². The lowest BCUT2D eigenvalue weighted by Crippen LogP contribution is -2.26. The van der Waals surface area contributed by atoms with E-state index in [1.165, 1.54) is 24.3 Å². The molecule has 1 aromatic carbocycles. The molecule has 0 aromatic heterocycles. The van der Waals surface area contributed by atoms with Gasteiger partial charge in [0.2, 0.25) is 5.91 Å². The number of carbonyl (C=O) groups excluding carboxylic acids is 1. The Bertz CT molecular complexity index is 441. The molecule has 0 saturated carbocycles. The zero-order chi connectivity index (χ0) is 13.8. The average Bonchev–Trinajstić information content (AvgIpc) is 2.24. The second kappa shape index (κ2) is 5.48. The highest BCUT2D eigenvalue weighted by Gasteiger charge is 2.29. The van der Waals surface area contributed by atoms with Crippen LogP contribution >= 0.6 is 0 Å². The van der Waals surface area contributed by atoms with Gasteiger partial charge in [-0.2, -0.15) is 13.2 Å². The third-order valence-electron chi connectivity index (χ3n) is 1.87. The van der Waals surface area contributed by atoms with E-state index in [0.29, 0.717) is 10.7 Å². The van der Waals surface area contributed by atoms with Gasteiger partial charge in [0.05, 0.1) is 5.69 Å². The number of nitrogens with two attached hydrogens (primary N) is 1. The van der Waals surface area contributed by atoms with Crippen molar-refractivity contribution in [1.29, 1.82) is 0 Å². The Morgan fingerprint density at radius 3 is 2.33 bits per heavy atom. The van der Waals surface area contributed by atoms with Crippen molar-refractivity contribution in [3.8, 4) is 0 Å². The van der Waals surface area contributed by atoms with Gasteiger partial charge in [0, 0.05) is 12.6 Å². The van der Waals surface area contributed by atoms with Crippen molar-refractivity contribution in [2.24, 2.45) is 16.1 Å². The number of halogens is 3. The molecule has 0 aliphatic carbocycles. The summed E-state index contributed by atoms with van der Waals surface area (Å²) >= 11 is 0. The Labute approximate surface area is 101 Å². The highest BCUT2D eigenvalue weighted by molar-refractivity contribution is 5.92. The fourth-order valence-electron chi connectivity index (χ4n) is 1.11. The Balaban J connectivity index is 2.64. The molecule has 98 valence electrons. The first-order valence-electron chi connectivity index (χ1n) is 4.87. The molecule has 0 aliphatic rings. The standard InChI is InChI=1S/C10H11F3N4O/c1-17(6-10(11,12)13)16-15-8-4-2-7(3-5-8)9(14)18/h2-5H,6H2,1H3,(H2,14,18). The molecule has 0 aliphatic heterocycles.